The Balaban J connectivity index is 1.99. The van der Waals surface area contributed by atoms with Gasteiger partial charge in [0.25, 0.3) is 0 Å². The minimum absolute atomic E-state index is 0.105. The maximum Gasteiger partial charge on any atom is 0.337 e. The standard InChI is InChI=1S/C14H13N3O3S/c1-8-7-21-11(15-8)5-6-17-10-4-2-3-9(13(18)19)12(10)16-14(17)20/h2-4,7H,5-6H2,1H3,(H,16,20)(H,18,19). The SMILES string of the molecule is Cc1csc(CCn2c(=O)[nH]c3c(C(=O)O)cccc32)n1. The lowest BCUT2D eigenvalue weighted by molar-refractivity contribution is 0.0699. The van der Waals surface area contributed by atoms with Gasteiger partial charge in [-0.2, -0.15) is 0 Å². The molecule has 0 saturated carbocycles. The molecule has 0 fully saturated rings. The molecule has 0 atom stereocenters. The molecule has 2 heterocycles. The number of rotatable bonds is 4. The fraction of sp³-hybridized carbons (Fsp3) is 0.214. The van der Waals surface area contributed by atoms with Crippen LogP contribution in [0.15, 0.2) is 28.4 Å². The first-order chi connectivity index (χ1) is 10.1. The van der Waals surface area contributed by atoms with E-state index < -0.39 is 5.97 Å². The molecule has 21 heavy (non-hydrogen) atoms. The van der Waals surface area contributed by atoms with Gasteiger partial charge in [0.15, 0.2) is 0 Å². The van der Waals surface area contributed by atoms with E-state index in [0.29, 0.717) is 24.0 Å². The van der Waals surface area contributed by atoms with Crippen molar-refractivity contribution in [1.29, 1.82) is 0 Å². The number of imidazole rings is 1. The third-order valence-electron chi connectivity index (χ3n) is 3.26. The number of aromatic nitrogens is 3. The number of carboxylic acid groups (broad SMARTS) is 1. The van der Waals surface area contributed by atoms with Crippen LogP contribution < -0.4 is 5.69 Å². The first-order valence-corrected chi connectivity index (χ1v) is 7.30. The monoisotopic (exact) mass is 303 g/mol. The number of carbonyl (C=O) groups is 1. The fourth-order valence-corrected chi connectivity index (χ4v) is 3.07. The highest BCUT2D eigenvalue weighted by molar-refractivity contribution is 7.09. The Morgan fingerprint density at radius 2 is 2.29 bits per heavy atom. The quantitative estimate of drug-likeness (QED) is 0.772. The van der Waals surface area contributed by atoms with E-state index in [1.54, 1.807) is 28.0 Å². The zero-order valence-corrected chi connectivity index (χ0v) is 12.1. The number of para-hydroxylation sites is 1. The van der Waals surface area contributed by atoms with Crippen molar-refractivity contribution < 1.29 is 9.90 Å². The maximum atomic E-state index is 12.0. The van der Waals surface area contributed by atoms with E-state index in [0.717, 1.165) is 10.7 Å². The highest BCUT2D eigenvalue weighted by atomic mass is 32.1. The summed E-state index contributed by atoms with van der Waals surface area (Å²) >= 11 is 1.56. The number of hydrogen-bond donors (Lipinski definition) is 2. The van der Waals surface area contributed by atoms with Gasteiger partial charge in [-0.25, -0.2) is 14.6 Å². The van der Waals surface area contributed by atoms with E-state index in [-0.39, 0.29) is 11.3 Å². The number of benzene rings is 1. The first kappa shape index (κ1) is 13.6. The minimum Gasteiger partial charge on any atom is -0.478 e. The van der Waals surface area contributed by atoms with Gasteiger partial charge in [-0.15, -0.1) is 11.3 Å². The van der Waals surface area contributed by atoms with E-state index in [9.17, 15) is 9.59 Å². The predicted octanol–water partition coefficient (Wildman–Crippen LogP) is 2.04. The lowest BCUT2D eigenvalue weighted by Crippen LogP contribution is -2.17. The Hall–Kier alpha value is -2.41. The van der Waals surface area contributed by atoms with Crippen molar-refractivity contribution in [2.45, 2.75) is 19.9 Å². The van der Waals surface area contributed by atoms with Gasteiger partial charge in [0.1, 0.15) is 0 Å². The third-order valence-corrected chi connectivity index (χ3v) is 4.28. The number of fused-ring (bicyclic) bond motifs is 1. The Kier molecular flexibility index (Phi) is 3.34. The average molecular weight is 303 g/mol. The molecule has 0 spiro atoms. The molecule has 1 aromatic carbocycles. The third kappa shape index (κ3) is 2.47. The van der Waals surface area contributed by atoms with Gasteiger partial charge < -0.3 is 10.1 Å². The zero-order valence-electron chi connectivity index (χ0n) is 11.3. The topological polar surface area (TPSA) is 88.0 Å². The summed E-state index contributed by atoms with van der Waals surface area (Å²) in [7, 11) is 0. The number of thiazole rings is 1. The highest BCUT2D eigenvalue weighted by Crippen LogP contribution is 2.17. The van der Waals surface area contributed by atoms with Gasteiger partial charge in [0, 0.05) is 24.0 Å². The molecule has 3 aromatic rings. The van der Waals surface area contributed by atoms with Gasteiger partial charge in [0.05, 0.1) is 21.6 Å². The Bertz CT molecular complexity index is 875. The van der Waals surface area contributed by atoms with Crippen molar-refractivity contribution in [3.63, 3.8) is 0 Å². The van der Waals surface area contributed by atoms with E-state index >= 15 is 0 Å². The highest BCUT2D eigenvalue weighted by Gasteiger charge is 2.14. The number of H-pyrrole nitrogens is 1. The molecule has 2 N–H and O–H groups in total. The van der Waals surface area contributed by atoms with E-state index in [1.165, 1.54) is 6.07 Å². The molecule has 3 rings (SSSR count). The normalized spacial score (nSPS) is 11.1. The molecular formula is C14H13N3O3S. The van der Waals surface area contributed by atoms with E-state index in [2.05, 4.69) is 9.97 Å². The second-order valence-corrected chi connectivity index (χ2v) is 5.66. The lowest BCUT2D eigenvalue weighted by atomic mass is 10.2. The van der Waals surface area contributed by atoms with Gasteiger partial charge in [-0.3, -0.25) is 4.57 Å². The summed E-state index contributed by atoms with van der Waals surface area (Å²) in [4.78, 5) is 30.2. The summed E-state index contributed by atoms with van der Waals surface area (Å²) in [5.41, 5.74) is 1.74. The van der Waals surface area contributed by atoms with Crippen LogP contribution in [0.1, 0.15) is 21.1 Å². The number of nitrogens with one attached hydrogen (secondary N) is 1. The molecular weight excluding hydrogens is 290 g/mol. The van der Waals surface area contributed by atoms with Crippen LogP contribution >= 0.6 is 11.3 Å². The predicted molar refractivity (Wildman–Crippen MR) is 80.1 cm³/mol. The van der Waals surface area contributed by atoms with Crippen LogP contribution in [0, 0.1) is 6.92 Å². The number of aromatic amines is 1. The van der Waals surface area contributed by atoms with E-state index in [1.807, 2.05) is 12.3 Å². The van der Waals surface area contributed by atoms with Crippen LogP contribution in [-0.2, 0) is 13.0 Å². The number of aromatic carboxylic acids is 1. The van der Waals surface area contributed by atoms with Crippen molar-refractivity contribution in [3.8, 4) is 0 Å². The lowest BCUT2D eigenvalue weighted by Gasteiger charge is -2.02. The van der Waals surface area contributed by atoms with Gasteiger partial charge in [0.2, 0.25) is 0 Å². The molecule has 0 aliphatic carbocycles. The molecule has 0 unspecified atom stereocenters. The number of carboxylic acids is 1. The molecule has 0 aliphatic rings. The van der Waals surface area contributed by atoms with Crippen molar-refractivity contribution in [1.82, 2.24) is 14.5 Å². The Morgan fingerprint density at radius 1 is 1.48 bits per heavy atom. The summed E-state index contributed by atoms with van der Waals surface area (Å²) in [6, 6.07) is 4.87. The van der Waals surface area contributed by atoms with Crippen LogP contribution in [0.25, 0.3) is 11.0 Å². The fourth-order valence-electron chi connectivity index (χ4n) is 2.31. The van der Waals surface area contributed by atoms with Crippen LogP contribution in [0.3, 0.4) is 0 Å². The van der Waals surface area contributed by atoms with Crippen LogP contribution in [0.2, 0.25) is 0 Å². The minimum atomic E-state index is -1.05. The molecule has 2 aromatic heterocycles. The summed E-state index contributed by atoms with van der Waals surface area (Å²) in [6.07, 6.45) is 0.642. The van der Waals surface area contributed by atoms with Crippen molar-refractivity contribution >= 4 is 28.3 Å². The number of nitrogens with zero attached hydrogens (tertiary/aromatic N) is 2. The van der Waals surface area contributed by atoms with Crippen molar-refractivity contribution in [3.05, 3.63) is 50.3 Å². The molecule has 0 aliphatic heterocycles. The second kappa shape index (κ2) is 5.17. The molecule has 108 valence electrons. The van der Waals surface area contributed by atoms with Gasteiger partial charge in [-0.05, 0) is 19.1 Å². The number of aryl methyl sites for hydroxylation is 3. The molecule has 7 heteroatoms. The summed E-state index contributed by atoms with van der Waals surface area (Å²) < 4.78 is 1.55. The summed E-state index contributed by atoms with van der Waals surface area (Å²) in [5.74, 6) is -1.05. The summed E-state index contributed by atoms with van der Waals surface area (Å²) in [5, 5.41) is 12.1. The second-order valence-electron chi connectivity index (χ2n) is 4.72. The van der Waals surface area contributed by atoms with E-state index in [4.69, 9.17) is 5.11 Å². The largest absolute Gasteiger partial charge is 0.478 e. The molecule has 0 saturated heterocycles. The molecule has 6 nitrogen and oxygen atoms in total. The molecule has 0 bridgehead atoms. The van der Waals surface area contributed by atoms with Gasteiger partial charge in [-0.1, -0.05) is 6.07 Å². The smallest absolute Gasteiger partial charge is 0.337 e. The van der Waals surface area contributed by atoms with Crippen molar-refractivity contribution in [2.24, 2.45) is 0 Å². The Morgan fingerprint density at radius 3 is 2.95 bits per heavy atom. The van der Waals surface area contributed by atoms with Crippen LogP contribution in [-0.4, -0.2) is 25.6 Å². The summed E-state index contributed by atoms with van der Waals surface area (Å²) in [6.45, 7) is 2.39. The number of hydrogen-bond acceptors (Lipinski definition) is 4. The first-order valence-electron chi connectivity index (χ1n) is 6.42. The van der Waals surface area contributed by atoms with Crippen LogP contribution in [0.5, 0.6) is 0 Å². The van der Waals surface area contributed by atoms with Crippen LogP contribution in [0.4, 0.5) is 0 Å². The average Bonchev–Trinajstić information content (AvgIpc) is 2.98. The maximum absolute atomic E-state index is 12.0. The van der Waals surface area contributed by atoms with Gasteiger partial charge >= 0.3 is 11.7 Å². The zero-order chi connectivity index (χ0) is 15.0. The van der Waals surface area contributed by atoms with Crippen molar-refractivity contribution in [2.75, 3.05) is 0 Å². The Labute approximate surface area is 123 Å². The molecule has 0 radical (unpaired) electrons. The molecule has 0 amide bonds.